The minimum absolute atomic E-state index is 0.0987. The minimum atomic E-state index is -0.381. The van der Waals surface area contributed by atoms with E-state index < -0.39 is 0 Å². The molecule has 108 valence electrons. The molecule has 1 N–H and O–H groups in total. The standard InChI is InChI=1S/C15H14N2O4/c1-8(18)9-3-4-12-14(15(9)20)10(7-13(19)21-12)11-5-6-16-17(11)2/h3-6,10,20H,7H2,1-2H3/t10-/m1/s1. The number of carbonyl (C=O) groups is 2. The molecule has 1 aliphatic rings. The van der Waals surface area contributed by atoms with Crippen molar-refractivity contribution in [1.29, 1.82) is 0 Å². The second kappa shape index (κ2) is 4.73. The van der Waals surface area contributed by atoms with E-state index >= 15 is 0 Å². The van der Waals surface area contributed by atoms with Crippen LogP contribution in [0.3, 0.4) is 0 Å². The number of hydrogen-bond donors (Lipinski definition) is 1. The van der Waals surface area contributed by atoms with Crippen molar-refractivity contribution in [2.45, 2.75) is 19.3 Å². The Morgan fingerprint density at radius 2 is 2.19 bits per heavy atom. The van der Waals surface area contributed by atoms with Gasteiger partial charge in [-0.15, -0.1) is 0 Å². The molecule has 0 fully saturated rings. The minimum Gasteiger partial charge on any atom is -0.507 e. The third-order valence-electron chi connectivity index (χ3n) is 3.72. The van der Waals surface area contributed by atoms with Crippen LogP contribution in [0.15, 0.2) is 24.4 Å². The van der Waals surface area contributed by atoms with Gasteiger partial charge in [-0.1, -0.05) is 0 Å². The van der Waals surface area contributed by atoms with Crippen molar-refractivity contribution in [3.05, 3.63) is 41.2 Å². The number of esters is 1. The maximum absolute atomic E-state index is 11.8. The summed E-state index contributed by atoms with van der Waals surface area (Å²) in [7, 11) is 1.76. The predicted octanol–water partition coefficient (Wildman–Crippen LogP) is 1.77. The lowest BCUT2D eigenvalue weighted by Gasteiger charge is -2.26. The van der Waals surface area contributed by atoms with Gasteiger partial charge in [-0.25, -0.2) is 0 Å². The molecular weight excluding hydrogens is 272 g/mol. The average molecular weight is 286 g/mol. The summed E-state index contributed by atoms with van der Waals surface area (Å²) in [5.41, 5.74) is 1.47. The Morgan fingerprint density at radius 1 is 1.43 bits per heavy atom. The van der Waals surface area contributed by atoms with Crippen LogP contribution in [-0.2, 0) is 11.8 Å². The number of fused-ring (bicyclic) bond motifs is 1. The Hall–Kier alpha value is -2.63. The van der Waals surface area contributed by atoms with Gasteiger partial charge in [-0.05, 0) is 25.1 Å². The molecule has 1 atom stereocenters. The SMILES string of the molecule is CC(=O)c1ccc2c(c1O)[C@@H](c1ccnn1C)CC(=O)O2. The molecule has 1 aromatic heterocycles. The van der Waals surface area contributed by atoms with E-state index in [1.54, 1.807) is 30.1 Å². The zero-order valence-corrected chi connectivity index (χ0v) is 11.7. The lowest BCUT2D eigenvalue weighted by atomic mass is 9.87. The summed E-state index contributed by atoms with van der Waals surface area (Å²) in [4.78, 5) is 23.4. The summed E-state index contributed by atoms with van der Waals surface area (Å²) < 4.78 is 6.82. The summed E-state index contributed by atoms with van der Waals surface area (Å²) in [5, 5.41) is 14.5. The number of phenolic OH excluding ortho intramolecular Hbond substituents is 1. The highest BCUT2D eigenvalue weighted by Gasteiger charge is 2.34. The smallest absolute Gasteiger partial charge is 0.312 e. The van der Waals surface area contributed by atoms with Crippen LogP contribution in [0.25, 0.3) is 0 Å². The first-order valence-electron chi connectivity index (χ1n) is 6.54. The molecule has 0 radical (unpaired) electrons. The van der Waals surface area contributed by atoms with Crippen molar-refractivity contribution < 1.29 is 19.4 Å². The van der Waals surface area contributed by atoms with Crippen LogP contribution in [-0.4, -0.2) is 26.6 Å². The average Bonchev–Trinajstić information content (AvgIpc) is 2.83. The molecule has 1 aromatic carbocycles. The Morgan fingerprint density at radius 3 is 2.81 bits per heavy atom. The third kappa shape index (κ3) is 2.08. The van der Waals surface area contributed by atoms with E-state index in [0.717, 1.165) is 5.69 Å². The molecule has 0 aliphatic carbocycles. The zero-order valence-electron chi connectivity index (χ0n) is 11.7. The van der Waals surface area contributed by atoms with E-state index in [1.165, 1.54) is 13.0 Å². The highest BCUT2D eigenvalue weighted by molar-refractivity contribution is 5.98. The third-order valence-corrected chi connectivity index (χ3v) is 3.72. The summed E-state index contributed by atoms with van der Waals surface area (Å²) in [6.45, 7) is 1.38. The van der Waals surface area contributed by atoms with Gasteiger partial charge in [0.1, 0.15) is 11.5 Å². The number of hydrogen-bond acceptors (Lipinski definition) is 5. The Balaban J connectivity index is 2.23. The van der Waals surface area contributed by atoms with Gasteiger partial charge in [-0.3, -0.25) is 14.3 Å². The normalized spacial score (nSPS) is 17.2. The van der Waals surface area contributed by atoms with Crippen LogP contribution in [0.4, 0.5) is 0 Å². The summed E-state index contributed by atoms with van der Waals surface area (Å²) >= 11 is 0. The first-order chi connectivity index (χ1) is 9.99. The molecule has 6 nitrogen and oxygen atoms in total. The number of aryl methyl sites for hydroxylation is 1. The number of Topliss-reactive ketones (excluding diaryl/α,β-unsaturated/α-hetero) is 1. The van der Waals surface area contributed by atoms with Gasteiger partial charge in [0, 0.05) is 30.4 Å². The molecule has 2 aromatic rings. The van der Waals surface area contributed by atoms with Crippen molar-refractivity contribution in [1.82, 2.24) is 9.78 Å². The first kappa shape index (κ1) is 13.4. The maximum Gasteiger partial charge on any atom is 0.312 e. The van der Waals surface area contributed by atoms with Crippen LogP contribution in [0.2, 0.25) is 0 Å². The Bertz CT molecular complexity index is 748. The van der Waals surface area contributed by atoms with Gasteiger partial charge in [-0.2, -0.15) is 5.10 Å². The van der Waals surface area contributed by atoms with Crippen LogP contribution >= 0.6 is 0 Å². The fourth-order valence-corrected chi connectivity index (χ4v) is 2.71. The number of benzene rings is 1. The largest absolute Gasteiger partial charge is 0.507 e. The fraction of sp³-hybridized carbons (Fsp3) is 0.267. The molecule has 0 bridgehead atoms. The molecule has 0 saturated heterocycles. The van der Waals surface area contributed by atoms with Gasteiger partial charge in [0.15, 0.2) is 5.78 Å². The number of phenols is 1. The van der Waals surface area contributed by atoms with E-state index in [1.807, 2.05) is 0 Å². The van der Waals surface area contributed by atoms with E-state index in [9.17, 15) is 14.7 Å². The van der Waals surface area contributed by atoms with Crippen LogP contribution in [0.5, 0.6) is 11.5 Å². The number of ether oxygens (including phenoxy) is 1. The summed E-state index contributed by atoms with van der Waals surface area (Å²) in [6, 6.07) is 4.80. The van der Waals surface area contributed by atoms with Crippen molar-refractivity contribution in [2.24, 2.45) is 7.05 Å². The second-order valence-electron chi connectivity index (χ2n) is 5.04. The van der Waals surface area contributed by atoms with Crippen molar-refractivity contribution in [3.8, 4) is 11.5 Å². The van der Waals surface area contributed by atoms with Crippen molar-refractivity contribution in [3.63, 3.8) is 0 Å². The topological polar surface area (TPSA) is 81.4 Å². The zero-order chi connectivity index (χ0) is 15.1. The number of ketones is 1. The number of nitrogens with zero attached hydrogens (tertiary/aromatic N) is 2. The number of aromatic nitrogens is 2. The van der Waals surface area contributed by atoms with Crippen molar-refractivity contribution >= 4 is 11.8 Å². The quantitative estimate of drug-likeness (QED) is 0.517. The second-order valence-corrected chi connectivity index (χ2v) is 5.04. The first-order valence-corrected chi connectivity index (χ1v) is 6.54. The number of aromatic hydroxyl groups is 1. The number of rotatable bonds is 2. The molecule has 3 rings (SSSR count). The Labute approximate surface area is 121 Å². The van der Waals surface area contributed by atoms with E-state index in [0.29, 0.717) is 11.3 Å². The van der Waals surface area contributed by atoms with E-state index in [2.05, 4.69) is 5.10 Å². The molecule has 2 heterocycles. The van der Waals surface area contributed by atoms with Crippen molar-refractivity contribution in [2.75, 3.05) is 0 Å². The summed E-state index contributed by atoms with van der Waals surface area (Å²) in [5.74, 6) is -0.827. The molecule has 0 saturated carbocycles. The lowest BCUT2D eigenvalue weighted by molar-refractivity contribution is -0.135. The Kier molecular flexibility index (Phi) is 3.01. The molecular formula is C15H14N2O4. The van der Waals surface area contributed by atoms with Gasteiger partial charge >= 0.3 is 5.97 Å². The highest BCUT2D eigenvalue weighted by atomic mass is 16.5. The number of carbonyl (C=O) groups excluding carboxylic acids is 2. The van der Waals surface area contributed by atoms with Gasteiger partial charge in [0.05, 0.1) is 12.0 Å². The molecule has 6 heteroatoms. The van der Waals surface area contributed by atoms with Crippen LogP contribution in [0, 0.1) is 0 Å². The van der Waals surface area contributed by atoms with Crippen LogP contribution in [0.1, 0.15) is 40.9 Å². The maximum atomic E-state index is 11.8. The fourth-order valence-electron chi connectivity index (χ4n) is 2.71. The molecule has 1 aliphatic heterocycles. The summed E-state index contributed by atoms with van der Waals surface area (Å²) in [6.07, 6.45) is 1.72. The molecule has 21 heavy (non-hydrogen) atoms. The lowest BCUT2D eigenvalue weighted by Crippen LogP contribution is -2.23. The van der Waals surface area contributed by atoms with Gasteiger partial charge < -0.3 is 9.84 Å². The van der Waals surface area contributed by atoms with Crippen LogP contribution < -0.4 is 4.74 Å². The monoisotopic (exact) mass is 286 g/mol. The van der Waals surface area contributed by atoms with E-state index in [4.69, 9.17) is 4.74 Å². The molecule has 0 unspecified atom stereocenters. The highest BCUT2D eigenvalue weighted by Crippen LogP contribution is 2.44. The van der Waals surface area contributed by atoms with Gasteiger partial charge in [0.25, 0.3) is 0 Å². The predicted molar refractivity (Wildman–Crippen MR) is 73.4 cm³/mol. The van der Waals surface area contributed by atoms with Gasteiger partial charge in [0.2, 0.25) is 0 Å². The molecule has 0 amide bonds. The van der Waals surface area contributed by atoms with E-state index in [-0.39, 0.29) is 35.4 Å². The molecule has 0 spiro atoms.